The lowest BCUT2D eigenvalue weighted by molar-refractivity contribution is 0.465. The van der Waals surface area contributed by atoms with Gasteiger partial charge < -0.3 is 18.8 Å². The monoisotopic (exact) mass is 457 g/mol. The molecule has 9 heteroatoms. The van der Waals surface area contributed by atoms with Gasteiger partial charge in [-0.15, -0.1) is 10.2 Å². The van der Waals surface area contributed by atoms with E-state index < -0.39 is 5.63 Å². The molecular formula is C22H20ClN3O4S. The van der Waals surface area contributed by atoms with Crippen LogP contribution in [0.1, 0.15) is 19.4 Å². The van der Waals surface area contributed by atoms with Crippen LogP contribution in [0, 0.1) is 0 Å². The first-order valence-corrected chi connectivity index (χ1v) is 11.1. The Bertz CT molecular complexity index is 1270. The van der Waals surface area contributed by atoms with Gasteiger partial charge in [-0.3, -0.25) is 0 Å². The fourth-order valence-electron chi connectivity index (χ4n) is 3.28. The molecule has 0 aliphatic carbocycles. The number of benzene rings is 2. The van der Waals surface area contributed by atoms with Crippen LogP contribution in [0.3, 0.4) is 0 Å². The summed E-state index contributed by atoms with van der Waals surface area (Å²) in [5, 5.41) is 19.2. The minimum Gasteiger partial charge on any atom is -0.506 e. The van der Waals surface area contributed by atoms with Crippen molar-refractivity contribution in [3.8, 4) is 17.2 Å². The Morgan fingerprint density at radius 1 is 1.06 bits per heavy atom. The molecule has 4 rings (SSSR count). The number of anilines is 1. The normalized spacial score (nSPS) is 11.2. The van der Waals surface area contributed by atoms with Crippen LogP contribution in [0.25, 0.3) is 22.4 Å². The van der Waals surface area contributed by atoms with E-state index in [1.54, 1.807) is 6.07 Å². The van der Waals surface area contributed by atoms with Gasteiger partial charge in [-0.2, -0.15) is 0 Å². The molecule has 7 nitrogen and oxygen atoms in total. The Kier molecular flexibility index (Phi) is 6.20. The fraction of sp³-hybridized carbons (Fsp3) is 0.227. The van der Waals surface area contributed by atoms with Crippen molar-refractivity contribution in [2.24, 2.45) is 0 Å². The van der Waals surface area contributed by atoms with Crippen molar-refractivity contribution in [1.29, 1.82) is 0 Å². The number of hydrogen-bond acceptors (Lipinski definition) is 8. The lowest BCUT2D eigenvalue weighted by Gasteiger charge is -2.20. The number of hydrogen-bond donors (Lipinski definition) is 1. The van der Waals surface area contributed by atoms with Gasteiger partial charge in [-0.05, 0) is 49.7 Å². The van der Waals surface area contributed by atoms with E-state index in [1.165, 1.54) is 23.9 Å². The molecule has 2 heterocycles. The summed E-state index contributed by atoms with van der Waals surface area (Å²) in [5.41, 5.74) is 2.43. The van der Waals surface area contributed by atoms with Gasteiger partial charge in [-0.25, -0.2) is 4.79 Å². The number of halogens is 1. The summed E-state index contributed by atoms with van der Waals surface area (Å²) < 4.78 is 10.9. The third kappa shape index (κ3) is 4.55. The third-order valence-electron chi connectivity index (χ3n) is 4.90. The number of thioether (sulfide) groups is 1. The second kappa shape index (κ2) is 9.03. The molecule has 1 N–H and O–H groups in total. The molecule has 0 unspecified atom stereocenters. The summed E-state index contributed by atoms with van der Waals surface area (Å²) >= 11 is 7.32. The maximum Gasteiger partial charge on any atom is 0.336 e. The van der Waals surface area contributed by atoms with Crippen LogP contribution in [0.15, 0.2) is 61.3 Å². The zero-order chi connectivity index (χ0) is 22.0. The van der Waals surface area contributed by atoms with Gasteiger partial charge >= 0.3 is 5.63 Å². The molecule has 2 aromatic carbocycles. The van der Waals surface area contributed by atoms with Crippen LogP contribution in [-0.4, -0.2) is 28.4 Å². The van der Waals surface area contributed by atoms with Gasteiger partial charge in [0.1, 0.15) is 11.3 Å². The predicted molar refractivity (Wildman–Crippen MR) is 122 cm³/mol. The van der Waals surface area contributed by atoms with Crippen molar-refractivity contribution in [3.05, 3.63) is 63.5 Å². The van der Waals surface area contributed by atoms with E-state index in [1.807, 2.05) is 24.3 Å². The first-order chi connectivity index (χ1) is 15.0. The molecule has 0 saturated carbocycles. The maximum absolute atomic E-state index is 11.9. The van der Waals surface area contributed by atoms with Crippen molar-refractivity contribution < 1.29 is 13.9 Å². The standard InChI is InChI=1S/C22H20ClN3O4S/c1-3-26(4-2)15-7-5-13(6-8-15)21-24-25-22(30-21)31-12-14-9-20(28)29-19-11-18(27)17(23)10-16(14)19/h5-11,27H,3-4,12H2,1-2H3. The topological polar surface area (TPSA) is 92.6 Å². The third-order valence-corrected chi connectivity index (χ3v) is 6.07. The molecule has 0 amide bonds. The van der Waals surface area contributed by atoms with Crippen molar-refractivity contribution in [2.45, 2.75) is 24.8 Å². The highest BCUT2D eigenvalue weighted by Gasteiger charge is 2.14. The van der Waals surface area contributed by atoms with Crippen LogP contribution < -0.4 is 10.5 Å². The predicted octanol–water partition coefficient (Wildman–Crippen LogP) is 5.34. The Morgan fingerprint density at radius 3 is 2.52 bits per heavy atom. The van der Waals surface area contributed by atoms with Crippen molar-refractivity contribution >= 4 is 40.0 Å². The largest absolute Gasteiger partial charge is 0.506 e. The maximum atomic E-state index is 11.9. The number of aromatic hydroxyl groups is 1. The fourth-order valence-corrected chi connectivity index (χ4v) is 4.20. The van der Waals surface area contributed by atoms with Gasteiger partial charge in [0.2, 0.25) is 5.89 Å². The Balaban J connectivity index is 1.53. The summed E-state index contributed by atoms with van der Waals surface area (Å²) in [7, 11) is 0. The van der Waals surface area contributed by atoms with E-state index in [0.29, 0.717) is 27.8 Å². The molecule has 0 atom stereocenters. The van der Waals surface area contributed by atoms with E-state index in [2.05, 4.69) is 28.9 Å². The summed E-state index contributed by atoms with van der Waals surface area (Å²) in [4.78, 5) is 14.1. The van der Waals surface area contributed by atoms with Gasteiger partial charge in [-0.1, -0.05) is 23.4 Å². The number of phenolic OH excluding ortho intramolecular Hbond substituents is 1. The van der Waals surface area contributed by atoms with Crippen LogP contribution in [0.5, 0.6) is 5.75 Å². The van der Waals surface area contributed by atoms with Crippen molar-refractivity contribution in [3.63, 3.8) is 0 Å². The number of rotatable bonds is 7. The molecule has 31 heavy (non-hydrogen) atoms. The molecule has 160 valence electrons. The minimum atomic E-state index is -0.510. The Morgan fingerprint density at radius 2 is 1.81 bits per heavy atom. The lowest BCUT2D eigenvalue weighted by Crippen LogP contribution is -2.21. The highest BCUT2D eigenvalue weighted by molar-refractivity contribution is 7.98. The average Bonchev–Trinajstić information content (AvgIpc) is 3.24. The van der Waals surface area contributed by atoms with Gasteiger partial charge in [0.15, 0.2) is 0 Å². The van der Waals surface area contributed by atoms with Crippen molar-refractivity contribution in [1.82, 2.24) is 10.2 Å². The molecule has 0 bridgehead atoms. The molecule has 0 fully saturated rings. The number of nitrogens with zero attached hydrogens (tertiary/aromatic N) is 3. The van der Waals surface area contributed by atoms with E-state index in [-0.39, 0.29) is 16.4 Å². The van der Waals surface area contributed by atoms with Crippen molar-refractivity contribution in [2.75, 3.05) is 18.0 Å². The first kappa shape index (κ1) is 21.3. The molecule has 0 spiro atoms. The van der Waals surface area contributed by atoms with E-state index >= 15 is 0 Å². The summed E-state index contributed by atoms with van der Waals surface area (Å²) in [6, 6.07) is 12.3. The number of phenols is 1. The van der Waals surface area contributed by atoms with Gasteiger partial charge in [0.25, 0.3) is 5.22 Å². The smallest absolute Gasteiger partial charge is 0.336 e. The SMILES string of the molecule is CCN(CC)c1ccc(-c2nnc(SCc3cc(=O)oc4cc(O)c(Cl)cc34)o2)cc1. The van der Waals surface area contributed by atoms with Gasteiger partial charge in [0.05, 0.1) is 5.02 Å². The quantitative estimate of drug-likeness (QED) is 0.293. The molecule has 0 saturated heterocycles. The van der Waals surface area contributed by atoms with Crippen LogP contribution in [0.4, 0.5) is 5.69 Å². The Labute approximate surface area is 187 Å². The zero-order valence-electron chi connectivity index (χ0n) is 17.0. The molecule has 4 aromatic rings. The minimum absolute atomic E-state index is 0.143. The molecule has 0 aliphatic rings. The van der Waals surface area contributed by atoms with E-state index in [0.717, 1.165) is 24.3 Å². The average molecular weight is 458 g/mol. The van der Waals surface area contributed by atoms with Gasteiger partial charge in [0, 0.05) is 47.6 Å². The number of fused-ring (bicyclic) bond motifs is 1. The second-order valence-corrected chi connectivity index (χ2v) is 8.11. The molecule has 0 aliphatic heterocycles. The summed E-state index contributed by atoms with van der Waals surface area (Å²) in [6.07, 6.45) is 0. The molecular weight excluding hydrogens is 438 g/mol. The lowest BCUT2D eigenvalue weighted by atomic mass is 10.1. The molecule has 2 aromatic heterocycles. The summed E-state index contributed by atoms with van der Waals surface area (Å²) in [6.45, 7) is 6.12. The second-order valence-electron chi connectivity index (χ2n) is 6.77. The molecule has 0 radical (unpaired) electrons. The van der Waals surface area contributed by atoms with E-state index in [9.17, 15) is 9.90 Å². The Hall–Kier alpha value is -2.97. The zero-order valence-corrected chi connectivity index (χ0v) is 18.5. The van der Waals surface area contributed by atoms with Crippen LogP contribution >= 0.6 is 23.4 Å². The summed E-state index contributed by atoms with van der Waals surface area (Å²) in [5.74, 6) is 0.681. The van der Waals surface area contributed by atoms with E-state index in [4.69, 9.17) is 20.4 Å². The highest BCUT2D eigenvalue weighted by atomic mass is 35.5. The highest BCUT2D eigenvalue weighted by Crippen LogP contribution is 2.33. The first-order valence-electron chi connectivity index (χ1n) is 9.75. The van der Waals surface area contributed by atoms with Crippen LogP contribution in [0.2, 0.25) is 5.02 Å². The van der Waals surface area contributed by atoms with Crippen LogP contribution in [-0.2, 0) is 5.75 Å². The number of aromatic nitrogens is 2.